The fourth-order valence-corrected chi connectivity index (χ4v) is 2.87. The van der Waals surface area contributed by atoms with Gasteiger partial charge in [-0.2, -0.15) is 0 Å². The van der Waals surface area contributed by atoms with E-state index >= 15 is 0 Å². The number of aliphatic hydroxyl groups is 1. The van der Waals surface area contributed by atoms with Gasteiger partial charge in [-0.3, -0.25) is 0 Å². The van der Waals surface area contributed by atoms with E-state index in [2.05, 4.69) is 29.4 Å². The number of hydrogen-bond donors (Lipinski definition) is 2. The Hall–Kier alpha value is -1.28. The summed E-state index contributed by atoms with van der Waals surface area (Å²) < 4.78 is 0. The van der Waals surface area contributed by atoms with Crippen molar-refractivity contribution in [3.05, 3.63) is 36.0 Å². The Kier molecular flexibility index (Phi) is 2.44. The van der Waals surface area contributed by atoms with E-state index in [1.807, 2.05) is 6.07 Å². The van der Waals surface area contributed by atoms with Crippen molar-refractivity contribution in [2.75, 3.05) is 0 Å². The van der Waals surface area contributed by atoms with E-state index in [9.17, 15) is 5.11 Å². The molecule has 1 aromatic carbocycles. The molecule has 0 aliphatic heterocycles. The van der Waals surface area contributed by atoms with E-state index in [0.29, 0.717) is 5.92 Å². The number of aromatic amines is 1. The van der Waals surface area contributed by atoms with E-state index in [-0.39, 0.29) is 6.10 Å². The van der Waals surface area contributed by atoms with Crippen molar-refractivity contribution in [2.24, 2.45) is 0 Å². The molecule has 1 saturated carbocycles. The smallest absolute Gasteiger partial charge is 0.0609 e. The Morgan fingerprint density at radius 1 is 1.12 bits per heavy atom. The second-order valence-corrected chi connectivity index (χ2v) is 4.75. The van der Waals surface area contributed by atoms with Gasteiger partial charge in [0.1, 0.15) is 0 Å². The lowest BCUT2D eigenvalue weighted by molar-refractivity contribution is 0.107. The molecular weight excluding hydrogens is 198 g/mol. The summed E-state index contributed by atoms with van der Waals surface area (Å²) in [5, 5.41) is 11.4. The van der Waals surface area contributed by atoms with Gasteiger partial charge < -0.3 is 10.1 Å². The highest BCUT2D eigenvalue weighted by Crippen LogP contribution is 2.36. The maximum absolute atomic E-state index is 10.1. The SMILES string of the molecule is O[C@H]1CCCC[C@@H]1c1c[nH]c2ccccc12. The number of para-hydroxylation sites is 1. The van der Waals surface area contributed by atoms with Crippen LogP contribution in [0.25, 0.3) is 10.9 Å². The summed E-state index contributed by atoms with van der Waals surface area (Å²) in [4.78, 5) is 3.29. The van der Waals surface area contributed by atoms with Gasteiger partial charge in [-0.15, -0.1) is 0 Å². The lowest BCUT2D eigenvalue weighted by atomic mass is 9.82. The maximum atomic E-state index is 10.1. The lowest BCUT2D eigenvalue weighted by Crippen LogP contribution is -2.22. The molecule has 0 amide bonds. The van der Waals surface area contributed by atoms with Crippen molar-refractivity contribution in [3.8, 4) is 0 Å². The third-order valence-electron chi connectivity index (χ3n) is 3.75. The van der Waals surface area contributed by atoms with Crippen LogP contribution in [0.3, 0.4) is 0 Å². The van der Waals surface area contributed by atoms with Gasteiger partial charge in [0.05, 0.1) is 6.10 Å². The fourth-order valence-electron chi connectivity index (χ4n) is 2.87. The zero-order valence-corrected chi connectivity index (χ0v) is 9.32. The monoisotopic (exact) mass is 215 g/mol. The number of H-pyrrole nitrogens is 1. The molecule has 16 heavy (non-hydrogen) atoms. The number of benzene rings is 1. The van der Waals surface area contributed by atoms with Crippen molar-refractivity contribution in [1.29, 1.82) is 0 Å². The highest BCUT2D eigenvalue weighted by Gasteiger charge is 2.26. The third-order valence-corrected chi connectivity index (χ3v) is 3.75. The Morgan fingerprint density at radius 3 is 2.81 bits per heavy atom. The first-order valence-electron chi connectivity index (χ1n) is 6.10. The van der Waals surface area contributed by atoms with E-state index in [4.69, 9.17) is 0 Å². The molecule has 1 aromatic heterocycles. The first-order chi connectivity index (χ1) is 7.86. The van der Waals surface area contributed by atoms with Crippen molar-refractivity contribution in [1.82, 2.24) is 4.98 Å². The minimum absolute atomic E-state index is 0.159. The van der Waals surface area contributed by atoms with Crippen molar-refractivity contribution < 1.29 is 5.11 Å². The van der Waals surface area contributed by atoms with Gasteiger partial charge in [-0.25, -0.2) is 0 Å². The molecule has 1 fully saturated rings. The summed E-state index contributed by atoms with van der Waals surface area (Å²) in [5.74, 6) is 0.324. The van der Waals surface area contributed by atoms with Crippen molar-refractivity contribution in [2.45, 2.75) is 37.7 Å². The third kappa shape index (κ3) is 1.54. The zero-order chi connectivity index (χ0) is 11.0. The molecule has 84 valence electrons. The molecule has 0 radical (unpaired) electrons. The summed E-state index contributed by atoms with van der Waals surface area (Å²) >= 11 is 0. The van der Waals surface area contributed by atoms with Gasteiger partial charge in [0.25, 0.3) is 0 Å². The van der Waals surface area contributed by atoms with Gasteiger partial charge in [0.15, 0.2) is 0 Å². The average Bonchev–Trinajstić information content (AvgIpc) is 2.74. The standard InChI is InChI=1S/C14H17NO/c16-14-8-4-2-6-11(14)12-9-15-13-7-3-1-5-10(12)13/h1,3,5,7,9,11,14-16H,2,4,6,8H2/t11-,14+/m1/s1. The number of fused-ring (bicyclic) bond motifs is 1. The van der Waals surface area contributed by atoms with Crippen molar-refractivity contribution in [3.63, 3.8) is 0 Å². The summed E-state index contributed by atoms with van der Waals surface area (Å²) in [5.41, 5.74) is 2.47. The highest BCUT2D eigenvalue weighted by molar-refractivity contribution is 5.83. The van der Waals surface area contributed by atoms with Crippen molar-refractivity contribution >= 4 is 10.9 Å². The van der Waals surface area contributed by atoms with Crippen LogP contribution in [-0.2, 0) is 0 Å². The van der Waals surface area contributed by atoms with Crippen LogP contribution in [0.1, 0.15) is 37.2 Å². The Bertz CT molecular complexity index is 488. The summed E-state index contributed by atoms with van der Waals surface area (Å²) in [6, 6.07) is 8.34. The van der Waals surface area contributed by atoms with Crippen LogP contribution in [0.2, 0.25) is 0 Å². The quantitative estimate of drug-likeness (QED) is 0.753. The molecular formula is C14H17NO. The Morgan fingerprint density at radius 2 is 1.94 bits per heavy atom. The Balaban J connectivity index is 2.04. The highest BCUT2D eigenvalue weighted by atomic mass is 16.3. The number of hydrogen-bond acceptors (Lipinski definition) is 1. The van der Waals surface area contributed by atoms with Gasteiger partial charge in [0, 0.05) is 23.0 Å². The molecule has 2 aromatic rings. The van der Waals surface area contributed by atoms with Gasteiger partial charge in [-0.05, 0) is 24.5 Å². The Labute approximate surface area is 95.3 Å². The van der Waals surface area contributed by atoms with Crippen LogP contribution < -0.4 is 0 Å². The van der Waals surface area contributed by atoms with E-state index in [0.717, 1.165) is 12.8 Å². The molecule has 1 aliphatic carbocycles. The number of nitrogens with one attached hydrogen (secondary N) is 1. The van der Waals surface area contributed by atoms with Gasteiger partial charge in [-0.1, -0.05) is 31.0 Å². The summed E-state index contributed by atoms with van der Waals surface area (Å²) in [6.07, 6.45) is 6.38. The number of aliphatic hydroxyl groups excluding tert-OH is 1. The van der Waals surface area contributed by atoms with Crippen LogP contribution >= 0.6 is 0 Å². The molecule has 0 spiro atoms. The predicted molar refractivity (Wildman–Crippen MR) is 65.5 cm³/mol. The molecule has 2 nitrogen and oxygen atoms in total. The van der Waals surface area contributed by atoms with Crippen LogP contribution in [0, 0.1) is 0 Å². The first-order valence-corrected chi connectivity index (χ1v) is 6.10. The van der Waals surface area contributed by atoms with E-state index in [1.165, 1.54) is 29.3 Å². The molecule has 1 aliphatic rings. The molecule has 1 heterocycles. The van der Waals surface area contributed by atoms with Crippen LogP contribution in [0.5, 0.6) is 0 Å². The van der Waals surface area contributed by atoms with Crippen LogP contribution in [0.15, 0.2) is 30.5 Å². The minimum Gasteiger partial charge on any atom is -0.392 e. The molecule has 3 rings (SSSR count). The average molecular weight is 215 g/mol. The van der Waals surface area contributed by atoms with E-state index < -0.39 is 0 Å². The van der Waals surface area contributed by atoms with Crippen LogP contribution in [-0.4, -0.2) is 16.2 Å². The van der Waals surface area contributed by atoms with Gasteiger partial charge in [0.2, 0.25) is 0 Å². The normalized spacial score (nSPS) is 26.1. The van der Waals surface area contributed by atoms with Crippen LogP contribution in [0.4, 0.5) is 0 Å². The molecule has 0 saturated heterocycles. The summed E-state index contributed by atoms with van der Waals surface area (Å²) in [6.45, 7) is 0. The molecule has 2 atom stereocenters. The molecule has 0 unspecified atom stereocenters. The first kappa shape index (κ1) is 9.91. The topological polar surface area (TPSA) is 36.0 Å². The molecule has 0 bridgehead atoms. The second kappa shape index (κ2) is 3.95. The maximum Gasteiger partial charge on any atom is 0.0609 e. The zero-order valence-electron chi connectivity index (χ0n) is 9.32. The van der Waals surface area contributed by atoms with E-state index in [1.54, 1.807) is 0 Å². The lowest BCUT2D eigenvalue weighted by Gasteiger charge is -2.27. The predicted octanol–water partition coefficient (Wildman–Crippen LogP) is 3.19. The summed E-state index contributed by atoms with van der Waals surface area (Å²) in [7, 11) is 0. The number of aromatic nitrogens is 1. The minimum atomic E-state index is -0.159. The fraction of sp³-hybridized carbons (Fsp3) is 0.429. The molecule has 2 heteroatoms. The number of rotatable bonds is 1. The largest absolute Gasteiger partial charge is 0.392 e. The second-order valence-electron chi connectivity index (χ2n) is 4.75. The van der Waals surface area contributed by atoms with Gasteiger partial charge >= 0.3 is 0 Å². The molecule has 2 N–H and O–H groups in total.